The van der Waals surface area contributed by atoms with Crippen LogP contribution >= 0.6 is 0 Å². The van der Waals surface area contributed by atoms with Crippen molar-refractivity contribution >= 4 is 22.8 Å². The number of carbonyl (C=O) groups excluding carboxylic acids is 2. The van der Waals surface area contributed by atoms with Crippen LogP contribution < -0.4 is 10.1 Å². The molecule has 35 heavy (non-hydrogen) atoms. The summed E-state index contributed by atoms with van der Waals surface area (Å²) >= 11 is 0. The van der Waals surface area contributed by atoms with E-state index in [-0.39, 0.29) is 23.8 Å². The fourth-order valence-electron chi connectivity index (χ4n) is 5.27. The van der Waals surface area contributed by atoms with Gasteiger partial charge < -0.3 is 19.4 Å². The molecule has 6 heteroatoms. The normalized spacial score (nSPS) is 21.1. The summed E-state index contributed by atoms with van der Waals surface area (Å²) in [7, 11) is 0. The van der Waals surface area contributed by atoms with Gasteiger partial charge in [0, 0.05) is 42.3 Å². The van der Waals surface area contributed by atoms with Gasteiger partial charge in [0.1, 0.15) is 23.1 Å². The third-order valence-corrected chi connectivity index (χ3v) is 7.20. The number of nitrogens with zero attached hydrogens (tertiary/aromatic N) is 1. The molecule has 1 saturated heterocycles. The topological polar surface area (TPSA) is 71.8 Å². The Kier molecular flexibility index (Phi) is 6.80. The summed E-state index contributed by atoms with van der Waals surface area (Å²) in [4.78, 5) is 28.5. The maximum Gasteiger partial charge on any atom is 0.245 e. The zero-order valence-corrected chi connectivity index (χ0v) is 20.6. The number of ether oxygens (including phenoxy) is 1. The number of para-hydroxylation sites is 1. The standard InChI is InChI=1S/C29H34N2O4/c1-19(2)28(32)30-25-17-20-11-13-22(14-12-20)34-16-6-10-27-24(23-8-3-4-9-26(23)35-27)18-21-7-5-15-31(21)29(25)33/h3-4,8-9,11-14,19,21,25H,5-7,10,15-18H2,1-2H3,(H,30,32)/t21-,25-/m0/s1. The molecule has 6 rings (SSSR count). The predicted molar refractivity (Wildman–Crippen MR) is 135 cm³/mol. The van der Waals surface area contributed by atoms with Crippen molar-refractivity contribution in [3.05, 3.63) is 65.4 Å². The van der Waals surface area contributed by atoms with E-state index in [9.17, 15) is 9.59 Å². The molecule has 3 aliphatic rings. The van der Waals surface area contributed by atoms with Crippen molar-refractivity contribution in [1.29, 1.82) is 0 Å². The second kappa shape index (κ2) is 10.1. The molecule has 1 aromatic heterocycles. The Bertz CT molecular complexity index is 1200. The van der Waals surface area contributed by atoms with Gasteiger partial charge in [-0.1, -0.05) is 44.2 Å². The largest absolute Gasteiger partial charge is 0.494 e. The monoisotopic (exact) mass is 474 g/mol. The summed E-state index contributed by atoms with van der Waals surface area (Å²) in [5, 5.41) is 4.16. The van der Waals surface area contributed by atoms with E-state index in [0.717, 1.165) is 66.7 Å². The summed E-state index contributed by atoms with van der Waals surface area (Å²) in [6.07, 6.45) is 4.78. The van der Waals surface area contributed by atoms with Crippen LogP contribution in [0.2, 0.25) is 0 Å². The molecule has 0 aliphatic carbocycles. The Labute approximate surface area is 206 Å². The number of fused-ring (bicyclic) bond motifs is 8. The number of benzene rings is 2. The minimum atomic E-state index is -0.592. The summed E-state index contributed by atoms with van der Waals surface area (Å²) in [6.45, 7) is 5.03. The lowest BCUT2D eigenvalue weighted by atomic mass is 9.98. The van der Waals surface area contributed by atoms with Gasteiger partial charge in [-0.25, -0.2) is 0 Å². The van der Waals surface area contributed by atoms with Crippen LogP contribution in [0.5, 0.6) is 5.75 Å². The summed E-state index contributed by atoms with van der Waals surface area (Å²) in [6, 6.07) is 15.5. The van der Waals surface area contributed by atoms with Crippen molar-refractivity contribution in [1.82, 2.24) is 10.2 Å². The van der Waals surface area contributed by atoms with Crippen LogP contribution in [0.3, 0.4) is 0 Å². The fraction of sp³-hybridized carbons (Fsp3) is 0.448. The van der Waals surface area contributed by atoms with E-state index >= 15 is 0 Å². The van der Waals surface area contributed by atoms with Crippen LogP contribution in [0.1, 0.15) is 50.0 Å². The molecule has 1 N–H and O–H groups in total. The van der Waals surface area contributed by atoms with Crippen molar-refractivity contribution in [3.63, 3.8) is 0 Å². The van der Waals surface area contributed by atoms with Crippen LogP contribution in [-0.2, 0) is 28.9 Å². The third-order valence-electron chi connectivity index (χ3n) is 7.20. The van der Waals surface area contributed by atoms with Crippen molar-refractivity contribution < 1.29 is 18.7 Å². The van der Waals surface area contributed by atoms with E-state index in [1.54, 1.807) is 0 Å². The summed E-state index contributed by atoms with van der Waals surface area (Å²) < 4.78 is 12.3. The molecule has 2 bridgehead atoms. The maximum absolute atomic E-state index is 13.9. The van der Waals surface area contributed by atoms with Gasteiger partial charge in [-0.3, -0.25) is 9.59 Å². The van der Waals surface area contributed by atoms with Crippen molar-refractivity contribution in [2.24, 2.45) is 5.92 Å². The van der Waals surface area contributed by atoms with Gasteiger partial charge >= 0.3 is 0 Å². The van der Waals surface area contributed by atoms with E-state index in [0.29, 0.717) is 13.0 Å². The number of rotatable bonds is 2. The molecule has 6 nitrogen and oxygen atoms in total. The first-order valence-corrected chi connectivity index (χ1v) is 12.8. The predicted octanol–water partition coefficient (Wildman–Crippen LogP) is 4.67. The molecule has 0 unspecified atom stereocenters. The Balaban J connectivity index is 1.51. The zero-order valence-electron chi connectivity index (χ0n) is 20.6. The van der Waals surface area contributed by atoms with E-state index in [4.69, 9.17) is 9.15 Å². The van der Waals surface area contributed by atoms with Crippen molar-refractivity contribution in [2.75, 3.05) is 13.2 Å². The molecule has 0 radical (unpaired) electrons. The van der Waals surface area contributed by atoms with Gasteiger partial charge in [0.05, 0.1) is 6.61 Å². The van der Waals surface area contributed by atoms with Crippen LogP contribution in [0, 0.1) is 5.92 Å². The Morgan fingerprint density at radius 3 is 2.66 bits per heavy atom. The first-order chi connectivity index (χ1) is 17.0. The highest BCUT2D eigenvalue weighted by Gasteiger charge is 2.35. The quantitative estimate of drug-likeness (QED) is 0.586. The van der Waals surface area contributed by atoms with Crippen LogP contribution in [0.4, 0.5) is 0 Å². The molecule has 2 aromatic carbocycles. The maximum atomic E-state index is 13.9. The van der Waals surface area contributed by atoms with Crippen LogP contribution in [0.25, 0.3) is 11.0 Å². The smallest absolute Gasteiger partial charge is 0.245 e. The average molecular weight is 475 g/mol. The Morgan fingerprint density at radius 2 is 1.86 bits per heavy atom. The molecule has 3 aliphatic heterocycles. The number of hydrogen-bond donors (Lipinski definition) is 1. The Morgan fingerprint density at radius 1 is 1.06 bits per heavy atom. The van der Waals surface area contributed by atoms with E-state index in [2.05, 4.69) is 11.4 Å². The summed E-state index contributed by atoms with van der Waals surface area (Å²) in [5.74, 6) is 1.51. The molecule has 0 spiro atoms. The van der Waals surface area contributed by atoms with E-state index in [1.807, 2.05) is 61.2 Å². The van der Waals surface area contributed by atoms with Gasteiger partial charge in [-0.2, -0.15) is 0 Å². The molecule has 2 atom stereocenters. The Hall–Kier alpha value is -3.28. The van der Waals surface area contributed by atoms with Gasteiger partial charge in [-0.15, -0.1) is 0 Å². The first kappa shape index (κ1) is 23.5. The highest BCUT2D eigenvalue weighted by molar-refractivity contribution is 5.89. The average Bonchev–Trinajstić information content (AvgIpc) is 3.46. The molecule has 4 heterocycles. The van der Waals surface area contributed by atoms with Crippen LogP contribution in [-0.4, -0.2) is 41.9 Å². The third kappa shape index (κ3) is 5.07. The van der Waals surface area contributed by atoms with Gasteiger partial charge in [-0.05, 0) is 49.4 Å². The summed E-state index contributed by atoms with van der Waals surface area (Å²) in [5.41, 5.74) is 3.10. The molecular weight excluding hydrogens is 440 g/mol. The van der Waals surface area contributed by atoms with Gasteiger partial charge in [0.2, 0.25) is 11.8 Å². The fourth-order valence-corrected chi connectivity index (χ4v) is 5.27. The highest BCUT2D eigenvalue weighted by Crippen LogP contribution is 2.32. The molecule has 2 amide bonds. The number of carbonyl (C=O) groups is 2. The second-order valence-electron chi connectivity index (χ2n) is 10.0. The van der Waals surface area contributed by atoms with E-state index in [1.165, 1.54) is 5.56 Å². The number of amides is 2. The molecule has 3 aromatic rings. The van der Waals surface area contributed by atoms with Crippen molar-refractivity contribution in [3.8, 4) is 5.75 Å². The SMILES string of the molecule is CC(C)C(=O)N[C@H]1Cc2ccc(cc2)OCCCc2oc3ccccc3c2C[C@@H]2CCCN2C1=O. The lowest BCUT2D eigenvalue weighted by molar-refractivity contribution is -0.137. The minimum Gasteiger partial charge on any atom is -0.494 e. The molecule has 184 valence electrons. The van der Waals surface area contributed by atoms with Crippen LogP contribution in [0.15, 0.2) is 52.9 Å². The van der Waals surface area contributed by atoms with Gasteiger partial charge in [0.25, 0.3) is 0 Å². The number of aryl methyl sites for hydroxylation is 1. The lowest BCUT2D eigenvalue weighted by Crippen LogP contribution is -2.52. The zero-order chi connectivity index (χ0) is 24.4. The molecule has 0 saturated carbocycles. The van der Waals surface area contributed by atoms with Gasteiger partial charge in [0.15, 0.2) is 0 Å². The lowest BCUT2D eigenvalue weighted by Gasteiger charge is -2.30. The first-order valence-electron chi connectivity index (χ1n) is 12.8. The molecule has 1 fully saturated rings. The number of furan rings is 1. The minimum absolute atomic E-state index is 0.00303. The second-order valence-corrected chi connectivity index (χ2v) is 10.0. The number of nitrogens with one attached hydrogen (secondary N) is 1. The highest BCUT2D eigenvalue weighted by atomic mass is 16.5. The van der Waals surface area contributed by atoms with E-state index < -0.39 is 6.04 Å². The van der Waals surface area contributed by atoms with Crippen molar-refractivity contribution in [2.45, 2.75) is 64.5 Å². The number of hydrogen-bond acceptors (Lipinski definition) is 4. The molecular formula is C29H34N2O4.